The number of piperidine rings is 1. The molecule has 0 saturated carbocycles. The maximum Gasteiger partial charge on any atom is 0.411 e. The largest absolute Gasteiger partial charge is 0.506 e. The van der Waals surface area contributed by atoms with Crippen LogP contribution in [0.25, 0.3) is 11.1 Å². The number of para-hydroxylation sites is 1. The van der Waals surface area contributed by atoms with Crippen molar-refractivity contribution in [1.29, 1.82) is 0 Å². The second-order valence-corrected chi connectivity index (χ2v) is 11.9. The Hall–Kier alpha value is -2.77. The number of halogens is 2. The summed E-state index contributed by atoms with van der Waals surface area (Å²) in [4.78, 5) is 15.1. The number of carbonyl (C=O) groups is 1. The highest BCUT2D eigenvalue weighted by molar-refractivity contribution is 6.35. The molecular formula is C34H43Cl2N3O3. The van der Waals surface area contributed by atoms with Crippen molar-refractivity contribution in [3.63, 3.8) is 0 Å². The molecule has 1 heterocycles. The van der Waals surface area contributed by atoms with Crippen LogP contribution in [0.5, 0.6) is 5.75 Å². The topological polar surface area (TPSA) is 73.8 Å². The quantitative estimate of drug-likeness (QED) is 0.150. The fourth-order valence-electron chi connectivity index (χ4n) is 5.45. The summed E-state index contributed by atoms with van der Waals surface area (Å²) in [5.41, 5.74) is 3.55. The summed E-state index contributed by atoms with van der Waals surface area (Å²) in [6, 6.07) is 21.2. The summed E-state index contributed by atoms with van der Waals surface area (Å²) < 4.78 is 5.77. The maximum absolute atomic E-state index is 12.6. The number of anilines is 1. The van der Waals surface area contributed by atoms with E-state index in [-0.39, 0.29) is 17.9 Å². The molecule has 3 N–H and O–H groups in total. The molecule has 3 aromatic rings. The lowest BCUT2D eigenvalue weighted by atomic mass is 10.0. The highest BCUT2D eigenvalue weighted by atomic mass is 35.5. The highest BCUT2D eigenvalue weighted by Gasteiger charge is 2.22. The van der Waals surface area contributed by atoms with Gasteiger partial charge < -0.3 is 20.1 Å². The summed E-state index contributed by atoms with van der Waals surface area (Å²) in [5.74, 6) is 0.107. The predicted octanol–water partition coefficient (Wildman–Crippen LogP) is 8.90. The minimum Gasteiger partial charge on any atom is -0.506 e. The van der Waals surface area contributed by atoms with Gasteiger partial charge in [-0.25, -0.2) is 4.79 Å². The maximum atomic E-state index is 12.6. The number of nitrogens with zero attached hydrogens (tertiary/aromatic N) is 1. The number of benzene rings is 3. The summed E-state index contributed by atoms with van der Waals surface area (Å²) in [7, 11) is 0. The summed E-state index contributed by atoms with van der Waals surface area (Å²) in [5, 5.41) is 17.2. The first-order chi connectivity index (χ1) is 20.5. The average Bonchev–Trinajstić information content (AvgIpc) is 2.99. The van der Waals surface area contributed by atoms with Crippen LogP contribution in [-0.2, 0) is 11.3 Å². The van der Waals surface area contributed by atoms with Gasteiger partial charge in [0.15, 0.2) is 0 Å². The van der Waals surface area contributed by atoms with E-state index in [2.05, 4.69) is 15.5 Å². The Bertz CT molecular complexity index is 1250. The van der Waals surface area contributed by atoms with Gasteiger partial charge in [0.1, 0.15) is 11.9 Å². The minimum absolute atomic E-state index is 0.0337. The monoisotopic (exact) mass is 611 g/mol. The highest BCUT2D eigenvalue weighted by Crippen LogP contribution is 2.31. The first kappa shape index (κ1) is 32.2. The van der Waals surface area contributed by atoms with E-state index in [1.54, 1.807) is 12.1 Å². The molecule has 0 unspecified atom stereocenters. The first-order valence-corrected chi connectivity index (χ1v) is 16.0. The number of hydrogen-bond donors (Lipinski definition) is 3. The number of phenolic OH excluding ortho intramolecular Hbond substituents is 1. The molecule has 226 valence electrons. The molecule has 42 heavy (non-hydrogen) atoms. The fraction of sp³-hybridized carbons (Fsp3) is 0.441. The number of aromatic hydroxyl groups is 1. The number of phenols is 1. The molecule has 1 aliphatic heterocycles. The van der Waals surface area contributed by atoms with Crippen LogP contribution >= 0.6 is 23.2 Å². The van der Waals surface area contributed by atoms with Crippen molar-refractivity contribution >= 4 is 35.0 Å². The Balaban J connectivity index is 1.00. The SMILES string of the molecule is O=C(Nc1ccccc1-c1ccccc1)OC1CCN(CCCCCCCCCNCc2cc(Cl)cc(Cl)c2O)CC1. The zero-order valence-electron chi connectivity index (χ0n) is 24.3. The molecule has 0 aromatic heterocycles. The lowest BCUT2D eigenvalue weighted by Crippen LogP contribution is -2.38. The summed E-state index contributed by atoms with van der Waals surface area (Å²) in [6.07, 6.45) is 9.93. The van der Waals surface area contributed by atoms with Crippen LogP contribution in [0.4, 0.5) is 10.5 Å². The Morgan fingerprint density at radius 1 is 0.881 bits per heavy atom. The normalized spacial score (nSPS) is 14.1. The van der Waals surface area contributed by atoms with Crippen molar-refractivity contribution in [3.8, 4) is 16.9 Å². The van der Waals surface area contributed by atoms with Crippen LogP contribution in [0.1, 0.15) is 63.4 Å². The Kier molecular flexibility index (Phi) is 13.3. The predicted molar refractivity (Wildman–Crippen MR) is 174 cm³/mol. The molecule has 1 saturated heterocycles. The van der Waals surface area contributed by atoms with Gasteiger partial charge in [0.25, 0.3) is 0 Å². The standard InChI is InChI=1S/C34H43Cl2N3O3/c35-28-23-27(33(40)31(36)24-28)25-37-19-11-4-2-1-3-5-12-20-39-21-17-29(18-22-39)42-34(41)38-32-16-10-9-15-30(32)26-13-7-6-8-14-26/h6-10,13-16,23-24,29,37,40H,1-5,11-12,17-22,25H2,(H,38,41). The number of amides is 1. The van der Waals surface area contributed by atoms with Gasteiger partial charge in [-0.1, -0.05) is 104 Å². The van der Waals surface area contributed by atoms with Gasteiger partial charge in [0.2, 0.25) is 0 Å². The second kappa shape index (κ2) is 17.4. The van der Waals surface area contributed by atoms with Gasteiger partial charge in [-0.3, -0.25) is 5.32 Å². The van der Waals surface area contributed by atoms with E-state index in [9.17, 15) is 9.90 Å². The first-order valence-electron chi connectivity index (χ1n) is 15.2. The summed E-state index contributed by atoms with van der Waals surface area (Å²) in [6.45, 7) is 4.54. The van der Waals surface area contributed by atoms with E-state index in [1.807, 2.05) is 54.6 Å². The number of nitrogens with one attached hydrogen (secondary N) is 2. The average molecular weight is 613 g/mol. The third-order valence-corrected chi connectivity index (χ3v) is 8.31. The molecule has 1 amide bonds. The molecule has 1 aliphatic rings. The van der Waals surface area contributed by atoms with Gasteiger partial charge in [-0.2, -0.15) is 0 Å². The van der Waals surface area contributed by atoms with Crippen molar-refractivity contribution in [1.82, 2.24) is 10.2 Å². The zero-order chi connectivity index (χ0) is 29.6. The molecule has 0 spiro atoms. The molecule has 0 bridgehead atoms. The molecule has 0 aliphatic carbocycles. The molecule has 0 atom stereocenters. The van der Waals surface area contributed by atoms with Crippen LogP contribution in [0.2, 0.25) is 10.0 Å². The zero-order valence-corrected chi connectivity index (χ0v) is 25.8. The van der Waals surface area contributed by atoms with E-state index in [0.29, 0.717) is 16.6 Å². The Morgan fingerprint density at radius 3 is 2.31 bits per heavy atom. The van der Waals surface area contributed by atoms with Crippen molar-refractivity contribution in [2.24, 2.45) is 0 Å². The molecule has 3 aromatic carbocycles. The molecular weight excluding hydrogens is 569 g/mol. The van der Waals surface area contributed by atoms with Crippen LogP contribution in [-0.4, -0.2) is 48.4 Å². The lowest BCUT2D eigenvalue weighted by Gasteiger charge is -2.31. The number of carbonyl (C=O) groups excluding carboxylic acids is 1. The molecule has 4 rings (SSSR count). The number of hydrogen-bond acceptors (Lipinski definition) is 5. The lowest BCUT2D eigenvalue weighted by molar-refractivity contribution is 0.0585. The van der Waals surface area contributed by atoms with Crippen molar-refractivity contribution in [2.75, 3.05) is 31.5 Å². The van der Waals surface area contributed by atoms with Crippen LogP contribution in [0.15, 0.2) is 66.7 Å². The molecule has 1 fully saturated rings. The van der Waals surface area contributed by atoms with Gasteiger partial charge in [0.05, 0.1) is 10.7 Å². The Morgan fingerprint density at radius 2 is 1.55 bits per heavy atom. The number of rotatable bonds is 15. The molecule has 8 heteroatoms. The van der Waals surface area contributed by atoms with Crippen molar-refractivity contribution in [2.45, 2.75) is 70.4 Å². The van der Waals surface area contributed by atoms with Gasteiger partial charge >= 0.3 is 6.09 Å². The third kappa shape index (κ3) is 10.5. The van der Waals surface area contributed by atoms with Gasteiger partial charge in [-0.15, -0.1) is 0 Å². The smallest absolute Gasteiger partial charge is 0.411 e. The number of unbranched alkanes of at least 4 members (excludes halogenated alkanes) is 6. The third-order valence-electron chi connectivity index (χ3n) is 7.81. The Labute approximate surface area is 260 Å². The summed E-state index contributed by atoms with van der Waals surface area (Å²) >= 11 is 12.0. The van der Waals surface area contributed by atoms with Crippen molar-refractivity contribution < 1.29 is 14.6 Å². The number of likely N-dealkylation sites (tertiary alicyclic amines) is 1. The molecule has 0 radical (unpaired) electrons. The van der Waals surface area contributed by atoms with E-state index < -0.39 is 0 Å². The minimum atomic E-state index is -0.377. The van der Waals surface area contributed by atoms with Crippen LogP contribution < -0.4 is 10.6 Å². The van der Waals surface area contributed by atoms with Crippen molar-refractivity contribution in [3.05, 3.63) is 82.3 Å². The van der Waals surface area contributed by atoms with E-state index in [4.69, 9.17) is 27.9 Å². The van der Waals surface area contributed by atoms with E-state index in [0.717, 1.165) is 67.8 Å². The van der Waals surface area contributed by atoms with E-state index >= 15 is 0 Å². The van der Waals surface area contributed by atoms with E-state index in [1.165, 1.54) is 38.5 Å². The van der Waals surface area contributed by atoms with Crippen LogP contribution in [0, 0.1) is 0 Å². The van der Waals surface area contributed by atoms with Gasteiger partial charge in [-0.05, 0) is 62.5 Å². The van der Waals surface area contributed by atoms with Crippen LogP contribution in [0.3, 0.4) is 0 Å². The number of ether oxygens (including phenoxy) is 1. The second-order valence-electron chi connectivity index (χ2n) is 11.0. The van der Waals surface area contributed by atoms with Gasteiger partial charge in [0, 0.05) is 35.8 Å². The fourth-order valence-corrected chi connectivity index (χ4v) is 5.99. The molecule has 6 nitrogen and oxygen atoms in total.